The van der Waals surface area contributed by atoms with Crippen LogP contribution in [-0.4, -0.2) is 34.2 Å². The van der Waals surface area contributed by atoms with Gasteiger partial charge in [0.05, 0.1) is 30.5 Å². The van der Waals surface area contributed by atoms with Crippen molar-refractivity contribution in [3.8, 4) is 5.88 Å². The summed E-state index contributed by atoms with van der Waals surface area (Å²) in [5.41, 5.74) is 3.75. The topological polar surface area (TPSA) is 84.3 Å². The van der Waals surface area contributed by atoms with Gasteiger partial charge in [-0.15, -0.1) is 11.3 Å². The lowest BCUT2D eigenvalue weighted by Gasteiger charge is -2.38. The van der Waals surface area contributed by atoms with Gasteiger partial charge < -0.3 is 15.2 Å². The number of hydrogen-bond acceptors (Lipinski definition) is 6. The predicted molar refractivity (Wildman–Crippen MR) is 95.6 cm³/mol. The smallest absolute Gasteiger partial charge is 0.220 e. The third-order valence-electron chi connectivity index (χ3n) is 4.69. The van der Waals surface area contributed by atoms with E-state index in [0.717, 1.165) is 16.1 Å². The van der Waals surface area contributed by atoms with E-state index < -0.39 is 0 Å². The first-order chi connectivity index (χ1) is 12.1. The number of nitrogens with zero attached hydrogens (tertiary/aromatic N) is 2. The highest BCUT2D eigenvalue weighted by molar-refractivity contribution is 7.09. The predicted octanol–water partition coefficient (Wildman–Crippen LogP) is 2.42. The first-order valence-corrected chi connectivity index (χ1v) is 9.31. The second kappa shape index (κ2) is 7.93. The van der Waals surface area contributed by atoms with E-state index in [2.05, 4.69) is 15.3 Å². The fourth-order valence-electron chi connectivity index (χ4n) is 3.11. The van der Waals surface area contributed by atoms with Crippen LogP contribution >= 0.6 is 11.3 Å². The second-order valence-corrected chi connectivity index (χ2v) is 7.36. The van der Waals surface area contributed by atoms with Crippen molar-refractivity contribution >= 4 is 17.2 Å². The lowest BCUT2D eigenvalue weighted by Crippen LogP contribution is -2.41. The van der Waals surface area contributed by atoms with Gasteiger partial charge >= 0.3 is 0 Å². The minimum absolute atomic E-state index is 0.00927. The van der Waals surface area contributed by atoms with Gasteiger partial charge in [0.2, 0.25) is 11.8 Å². The molecule has 2 N–H and O–H groups in total. The number of rotatable bonds is 7. The summed E-state index contributed by atoms with van der Waals surface area (Å²) in [7, 11) is 1.57. The highest BCUT2D eigenvalue weighted by atomic mass is 32.1. The molecule has 3 rings (SSSR count). The van der Waals surface area contributed by atoms with Gasteiger partial charge in [-0.25, -0.2) is 9.97 Å². The van der Waals surface area contributed by atoms with Crippen LogP contribution in [0.5, 0.6) is 5.88 Å². The number of pyridine rings is 1. The molecule has 0 aliphatic heterocycles. The number of hydrogen-bond donors (Lipinski definition) is 2. The maximum Gasteiger partial charge on any atom is 0.220 e. The van der Waals surface area contributed by atoms with Crippen molar-refractivity contribution in [2.75, 3.05) is 7.11 Å². The van der Waals surface area contributed by atoms with E-state index in [-0.39, 0.29) is 24.0 Å². The molecule has 2 aromatic rings. The summed E-state index contributed by atoms with van der Waals surface area (Å²) in [6, 6.07) is 3.59. The van der Waals surface area contributed by atoms with Gasteiger partial charge in [-0.2, -0.15) is 0 Å². The molecule has 7 heteroatoms. The van der Waals surface area contributed by atoms with Gasteiger partial charge in [-0.05, 0) is 37.7 Å². The fraction of sp³-hybridized carbons (Fsp3) is 0.500. The van der Waals surface area contributed by atoms with Crippen molar-refractivity contribution < 1.29 is 14.6 Å². The molecular formula is C18H23N3O3S. The quantitative estimate of drug-likeness (QED) is 0.791. The van der Waals surface area contributed by atoms with Crippen LogP contribution in [0, 0.1) is 12.8 Å². The standard InChI is InChI=1S/C18H23N3O3S/c1-11-15(25-10-20-11)4-5-16(23)21-18(13-7-14(22)8-13)12-3-6-17(24-2)19-9-12/h3,6,9-10,13-14,18,22H,4-5,7-8H2,1-2H3,(H,21,23). The van der Waals surface area contributed by atoms with E-state index in [0.29, 0.717) is 31.6 Å². The molecule has 1 atom stereocenters. The number of amides is 1. The van der Waals surface area contributed by atoms with Crippen molar-refractivity contribution in [3.63, 3.8) is 0 Å². The zero-order valence-electron chi connectivity index (χ0n) is 14.4. The van der Waals surface area contributed by atoms with Crippen LogP contribution in [0.4, 0.5) is 0 Å². The molecule has 0 aromatic carbocycles. The molecule has 2 aromatic heterocycles. The Balaban J connectivity index is 1.64. The van der Waals surface area contributed by atoms with Gasteiger partial charge in [-0.1, -0.05) is 6.07 Å². The summed E-state index contributed by atoms with van der Waals surface area (Å²) < 4.78 is 5.10. The molecule has 1 amide bonds. The first-order valence-electron chi connectivity index (χ1n) is 8.43. The third kappa shape index (κ3) is 4.35. The van der Waals surface area contributed by atoms with Crippen molar-refractivity contribution in [2.45, 2.75) is 44.8 Å². The zero-order chi connectivity index (χ0) is 17.8. The van der Waals surface area contributed by atoms with Gasteiger partial charge in [-0.3, -0.25) is 4.79 Å². The Labute approximate surface area is 151 Å². The van der Waals surface area contributed by atoms with E-state index in [4.69, 9.17) is 4.74 Å². The highest BCUT2D eigenvalue weighted by Crippen LogP contribution is 2.38. The molecule has 1 unspecified atom stereocenters. The van der Waals surface area contributed by atoms with Crippen molar-refractivity contribution in [1.82, 2.24) is 15.3 Å². The van der Waals surface area contributed by atoms with Crippen LogP contribution in [-0.2, 0) is 11.2 Å². The summed E-state index contributed by atoms with van der Waals surface area (Å²) in [5.74, 6) is 0.789. The number of carbonyl (C=O) groups excluding carboxylic acids is 1. The summed E-state index contributed by atoms with van der Waals surface area (Å²) in [5, 5.41) is 12.8. The van der Waals surface area contributed by atoms with Crippen LogP contribution < -0.4 is 10.1 Å². The molecule has 6 nitrogen and oxygen atoms in total. The molecule has 134 valence electrons. The first kappa shape index (κ1) is 17.8. The number of aliphatic hydroxyl groups excluding tert-OH is 1. The number of nitrogens with one attached hydrogen (secondary N) is 1. The van der Waals surface area contributed by atoms with Gasteiger partial charge in [0.15, 0.2) is 0 Å². The van der Waals surface area contributed by atoms with E-state index in [1.54, 1.807) is 30.7 Å². The van der Waals surface area contributed by atoms with Crippen LogP contribution in [0.15, 0.2) is 23.8 Å². The molecule has 0 spiro atoms. The Bertz CT molecular complexity index is 711. The Hall–Kier alpha value is -1.99. The van der Waals surface area contributed by atoms with Crippen LogP contribution in [0.1, 0.15) is 41.4 Å². The number of methoxy groups -OCH3 is 1. The van der Waals surface area contributed by atoms with E-state index in [1.807, 2.05) is 18.5 Å². The Kier molecular flexibility index (Phi) is 5.65. The van der Waals surface area contributed by atoms with E-state index >= 15 is 0 Å². The maximum absolute atomic E-state index is 12.4. The maximum atomic E-state index is 12.4. The summed E-state index contributed by atoms with van der Waals surface area (Å²) in [4.78, 5) is 22.1. The number of ether oxygens (including phenoxy) is 1. The molecule has 0 radical (unpaired) electrons. The van der Waals surface area contributed by atoms with Gasteiger partial charge in [0.1, 0.15) is 0 Å². The zero-order valence-corrected chi connectivity index (χ0v) is 15.3. The normalized spacial score (nSPS) is 20.6. The summed E-state index contributed by atoms with van der Waals surface area (Å²) in [6.45, 7) is 1.96. The minimum atomic E-state index is -0.268. The monoisotopic (exact) mass is 361 g/mol. The van der Waals surface area contributed by atoms with Gasteiger partial charge in [0.25, 0.3) is 0 Å². The molecule has 0 saturated heterocycles. The number of aromatic nitrogens is 2. The van der Waals surface area contributed by atoms with Crippen molar-refractivity contribution in [1.29, 1.82) is 0 Å². The SMILES string of the molecule is COc1ccc(C(NC(=O)CCc2scnc2C)C2CC(O)C2)cn1. The Morgan fingerprint density at radius 2 is 2.24 bits per heavy atom. The van der Waals surface area contributed by atoms with Crippen LogP contribution in [0.3, 0.4) is 0 Å². The molecular weight excluding hydrogens is 338 g/mol. The summed E-state index contributed by atoms with van der Waals surface area (Å²) >= 11 is 1.59. The second-order valence-electron chi connectivity index (χ2n) is 6.43. The average molecular weight is 361 g/mol. The van der Waals surface area contributed by atoms with E-state index in [9.17, 15) is 9.90 Å². The molecule has 0 bridgehead atoms. The Morgan fingerprint density at radius 3 is 2.80 bits per heavy atom. The fourth-order valence-corrected chi connectivity index (χ4v) is 3.89. The van der Waals surface area contributed by atoms with Crippen LogP contribution in [0.25, 0.3) is 0 Å². The lowest BCUT2D eigenvalue weighted by molar-refractivity contribution is -0.123. The molecule has 25 heavy (non-hydrogen) atoms. The number of aliphatic hydroxyl groups is 1. The number of thiazole rings is 1. The van der Waals surface area contributed by atoms with Crippen molar-refractivity contribution in [3.05, 3.63) is 40.0 Å². The van der Waals surface area contributed by atoms with Crippen molar-refractivity contribution in [2.24, 2.45) is 5.92 Å². The molecule has 1 saturated carbocycles. The van der Waals surface area contributed by atoms with Gasteiger partial charge in [0, 0.05) is 23.6 Å². The average Bonchev–Trinajstić information content (AvgIpc) is 3.00. The third-order valence-corrected chi connectivity index (χ3v) is 5.68. The minimum Gasteiger partial charge on any atom is -0.481 e. The van der Waals surface area contributed by atoms with Crippen LogP contribution in [0.2, 0.25) is 0 Å². The number of aryl methyl sites for hydroxylation is 2. The molecule has 1 aliphatic carbocycles. The molecule has 2 heterocycles. The molecule has 1 fully saturated rings. The number of carbonyl (C=O) groups is 1. The van der Waals surface area contributed by atoms with E-state index in [1.165, 1.54) is 0 Å². The lowest BCUT2D eigenvalue weighted by atomic mass is 9.75. The summed E-state index contributed by atoms with van der Waals surface area (Å²) in [6.07, 6.45) is 4.00. The largest absolute Gasteiger partial charge is 0.481 e. The Morgan fingerprint density at radius 1 is 1.44 bits per heavy atom. The molecule has 1 aliphatic rings. The highest BCUT2D eigenvalue weighted by Gasteiger charge is 2.35.